The van der Waals surface area contributed by atoms with Gasteiger partial charge < -0.3 is 15.2 Å². The molecule has 3 amide bonds. The minimum absolute atomic E-state index is 0.0229. The fourth-order valence-corrected chi connectivity index (χ4v) is 4.18. The van der Waals surface area contributed by atoms with E-state index < -0.39 is 17.7 Å². The van der Waals surface area contributed by atoms with Crippen molar-refractivity contribution in [3.63, 3.8) is 0 Å². The van der Waals surface area contributed by atoms with Gasteiger partial charge in [-0.25, -0.2) is 4.79 Å². The molecule has 2 atom stereocenters. The molecule has 0 spiro atoms. The minimum atomic E-state index is -1.20. The van der Waals surface area contributed by atoms with Gasteiger partial charge in [-0.15, -0.1) is 0 Å². The van der Waals surface area contributed by atoms with Crippen LogP contribution in [0, 0.1) is 13.8 Å². The molecule has 0 saturated carbocycles. The van der Waals surface area contributed by atoms with Crippen LogP contribution < -0.4 is 10.1 Å². The van der Waals surface area contributed by atoms with Gasteiger partial charge in [0.1, 0.15) is 24.0 Å². The number of nitrogens with zero attached hydrogens (tertiary/aromatic N) is 1. The van der Waals surface area contributed by atoms with Gasteiger partial charge in [-0.3, -0.25) is 9.69 Å². The number of aliphatic hydroxyl groups excluding tert-OH is 1. The Hall–Kier alpha value is -3.38. The number of nitrogens with one attached hydrogen (secondary N) is 1. The van der Waals surface area contributed by atoms with Gasteiger partial charge in [-0.2, -0.15) is 0 Å². The quantitative estimate of drug-likeness (QED) is 0.599. The first-order valence-electron chi connectivity index (χ1n) is 10.3. The van der Waals surface area contributed by atoms with Gasteiger partial charge >= 0.3 is 6.03 Å². The third kappa shape index (κ3) is 3.99. The number of rotatable bonds is 6. The number of ether oxygens (including phenoxy) is 1. The van der Waals surface area contributed by atoms with E-state index >= 15 is 0 Å². The maximum Gasteiger partial charge on any atom is 0.325 e. The molecule has 1 heterocycles. The highest BCUT2D eigenvalue weighted by Crippen LogP contribution is 2.33. The second-order valence-electron chi connectivity index (χ2n) is 8.29. The highest BCUT2D eigenvalue weighted by Gasteiger charge is 2.49. The van der Waals surface area contributed by atoms with E-state index in [2.05, 4.69) is 5.32 Å². The Morgan fingerprint density at radius 3 is 2.45 bits per heavy atom. The molecule has 1 saturated heterocycles. The molecule has 1 aliphatic heterocycles. The molecule has 0 unspecified atom stereocenters. The van der Waals surface area contributed by atoms with E-state index in [1.54, 1.807) is 6.92 Å². The molecule has 6 heteroatoms. The highest BCUT2D eigenvalue weighted by atomic mass is 16.5. The Labute approximate surface area is 181 Å². The van der Waals surface area contributed by atoms with Gasteiger partial charge in [-0.1, -0.05) is 48.5 Å². The van der Waals surface area contributed by atoms with Gasteiger partial charge in [-0.05, 0) is 60.4 Å². The van der Waals surface area contributed by atoms with Crippen molar-refractivity contribution < 1.29 is 19.4 Å². The van der Waals surface area contributed by atoms with Crippen molar-refractivity contribution in [1.82, 2.24) is 10.2 Å². The second-order valence-corrected chi connectivity index (χ2v) is 8.29. The van der Waals surface area contributed by atoms with Crippen molar-refractivity contribution in [2.75, 3.05) is 13.2 Å². The fraction of sp³-hybridized carbons (Fsp3) is 0.280. The normalized spacial score (nSPS) is 19.5. The Morgan fingerprint density at radius 1 is 1.03 bits per heavy atom. The van der Waals surface area contributed by atoms with Crippen LogP contribution in [-0.4, -0.2) is 41.2 Å². The number of fused-ring (bicyclic) bond motifs is 1. The molecule has 2 N–H and O–H groups in total. The summed E-state index contributed by atoms with van der Waals surface area (Å²) in [5, 5.41) is 15.2. The van der Waals surface area contributed by atoms with E-state index in [0.717, 1.165) is 32.4 Å². The molecule has 0 bridgehead atoms. The lowest BCUT2D eigenvalue weighted by molar-refractivity contribution is -0.132. The fourth-order valence-electron chi connectivity index (χ4n) is 4.18. The minimum Gasteiger partial charge on any atom is -0.491 e. The predicted molar refractivity (Wildman–Crippen MR) is 119 cm³/mol. The van der Waals surface area contributed by atoms with Crippen LogP contribution in [0.15, 0.2) is 60.7 Å². The summed E-state index contributed by atoms with van der Waals surface area (Å²) in [4.78, 5) is 27.0. The third-order valence-corrected chi connectivity index (χ3v) is 5.63. The maximum absolute atomic E-state index is 13.3. The average molecular weight is 418 g/mol. The molecule has 1 fully saturated rings. The number of hydrogen-bond donors (Lipinski definition) is 2. The molecule has 31 heavy (non-hydrogen) atoms. The third-order valence-electron chi connectivity index (χ3n) is 5.63. The molecular weight excluding hydrogens is 392 g/mol. The van der Waals surface area contributed by atoms with Crippen LogP contribution in [0.5, 0.6) is 5.75 Å². The number of amides is 3. The average Bonchev–Trinajstić information content (AvgIpc) is 2.95. The van der Waals surface area contributed by atoms with Crippen molar-refractivity contribution in [2.45, 2.75) is 32.4 Å². The Bertz CT molecular complexity index is 1130. The van der Waals surface area contributed by atoms with E-state index in [1.807, 2.05) is 74.5 Å². The van der Waals surface area contributed by atoms with Crippen LogP contribution in [0.25, 0.3) is 10.8 Å². The van der Waals surface area contributed by atoms with Crippen molar-refractivity contribution in [2.24, 2.45) is 0 Å². The zero-order valence-electron chi connectivity index (χ0n) is 17.9. The first-order valence-corrected chi connectivity index (χ1v) is 10.3. The lowest BCUT2D eigenvalue weighted by Gasteiger charge is -2.24. The maximum atomic E-state index is 13.3. The lowest BCUT2D eigenvalue weighted by Crippen LogP contribution is -2.43. The summed E-state index contributed by atoms with van der Waals surface area (Å²) in [6, 6.07) is 18.7. The summed E-state index contributed by atoms with van der Waals surface area (Å²) < 4.78 is 5.68. The van der Waals surface area contributed by atoms with Crippen LogP contribution in [0.3, 0.4) is 0 Å². The van der Waals surface area contributed by atoms with Crippen LogP contribution >= 0.6 is 0 Å². The van der Waals surface area contributed by atoms with E-state index in [-0.39, 0.29) is 19.1 Å². The summed E-state index contributed by atoms with van der Waals surface area (Å²) in [5.41, 5.74) is 1.65. The largest absolute Gasteiger partial charge is 0.491 e. The molecule has 6 nitrogen and oxygen atoms in total. The van der Waals surface area contributed by atoms with Crippen LogP contribution in [0.4, 0.5) is 4.79 Å². The first-order chi connectivity index (χ1) is 14.8. The molecule has 0 aromatic heterocycles. The summed E-state index contributed by atoms with van der Waals surface area (Å²) in [6.45, 7) is 5.48. The summed E-state index contributed by atoms with van der Waals surface area (Å²) >= 11 is 0. The lowest BCUT2D eigenvalue weighted by atomic mass is 9.88. The van der Waals surface area contributed by atoms with Gasteiger partial charge in [0, 0.05) is 0 Å². The van der Waals surface area contributed by atoms with Gasteiger partial charge in [0.25, 0.3) is 5.91 Å². The molecule has 4 rings (SSSR count). The molecule has 1 aliphatic rings. The first kappa shape index (κ1) is 20.9. The molecule has 0 radical (unpaired) electrons. The van der Waals surface area contributed by atoms with Crippen molar-refractivity contribution in [1.29, 1.82) is 0 Å². The number of urea groups is 1. The van der Waals surface area contributed by atoms with Gasteiger partial charge in [0.05, 0.1) is 6.54 Å². The summed E-state index contributed by atoms with van der Waals surface area (Å²) in [6.07, 6.45) is -1.01. The van der Waals surface area contributed by atoms with Crippen LogP contribution in [0.2, 0.25) is 0 Å². The van der Waals surface area contributed by atoms with E-state index in [1.165, 1.54) is 0 Å². The van der Waals surface area contributed by atoms with Crippen LogP contribution in [0.1, 0.15) is 23.6 Å². The number of aliphatic hydroxyl groups is 1. The smallest absolute Gasteiger partial charge is 0.325 e. The summed E-state index contributed by atoms with van der Waals surface area (Å²) in [5.74, 6) is 0.258. The van der Waals surface area contributed by atoms with Gasteiger partial charge in [0.15, 0.2) is 0 Å². The van der Waals surface area contributed by atoms with Crippen LogP contribution in [-0.2, 0) is 10.3 Å². The molecule has 3 aromatic rings. The van der Waals surface area contributed by atoms with Crippen molar-refractivity contribution >= 4 is 22.7 Å². The van der Waals surface area contributed by atoms with Crippen molar-refractivity contribution in [3.8, 4) is 5.75 Å². The SMILES string of the molecule is Cc1cc(C)cc(OC[C@H](O)CN2C(=O)N[C@@](C)(c3cccc4ccccc34)C2=O)c1. The number of β-amino-alcohol motifs (C(OH)–C–C–N with tert-alkyl or cyclic N) is 1. The van der Waals surface area contributed by atoms with Crippen molar-refractivity contribution in [3.05, 3.63) is 77.4 Å². The number of carbonyl (C=O) groups is 2. The standard InChI is InChI=1S/C25H26N2O4/c1-16-11-17(2)13-20(12-16)31-15-19(28)14-27-23(29)25(3,26-24(27)30)22-10-6-8-18-7-4-5-9-21(18)22/h4-13,19,28H,14-15H2,1-3H3,(H,26,30)/t19-,25+/m1/s1. The molecular formula is C25H26N2O4. The van der Waals surface area contributed by atoms with E-state index in [0.29, 0.717) is 5.75 Å². The second kappa shape index (κ2) is 8.04. The predicted octanol–water partition coefficient (Wildman–Crippen LogP) is 3.66. The van der Waals surface area contributed by atoms with E-state index in [4.69, 9.17) is 4.74 Å². The number of carbonyl (C=O) groups excluding carboxylic acids is 2. The molecule has 0 aliphatic carbocycles. The Morgan fingerprint density at radius 2 is 1.71 bits per heavy atom. The zero-order chi connectivity index (χ0) is 22.2. The zero-order valence-corrected chi connectivity index (χ0v) is 17.9. The molecule has 3 aromatic carbocycles. The number of hydrogen-bond acceptors (Lipinski definition) is 4. The number of aryl methyl sites for hydroxylation is 2. The summed E-state index contributed by atoms with van der Waals surface area (Å²) in [7, 11) is 0. The number of benzene rings is 3. The van der Waals surface area contributed by atoms with E-state index in [9.17, 15) is 14.7 Å². The Balaban J connectivity index is 1.50. The number of imide groups is 1. The monoisotopic (exact) mass is 418 g/mol. The molecule has 160 valence electrons. The highest BCUT2D eigenvalue weighted by molar-refractivity contribution is 6.09. The Kier molecular flexibility index (Phi) is 5.41. The van der Waals surface area contributed by atoms with Gasteiger partial charge in [0.2, 0.25) is 0 Å². The topological polar surface area (TPSA) is 78.9 Å².